The summed E-state index contributed by atoms with van der Waals surface area (Å²) in [5.41, 5.74) is 0.923. The van der Waals surface area contributed by atoms with Crippen LogP contribution in [0.1, 0.15) is 27.6 Å². The van der Waals surface area contributed by atoms with Gasteiger partial charge in [-0.3, -0.25) is 9.59 Å². The van der Waals surface area contributed by atoms with Crippen LogP contribution in [0.4, 0.5) is 4.79 Å². The Morgan fingerprint density at radius 1 is 1.03 bits per heavy atom. The van der Waals surface area contributed by atoms with E-state index in [1.807, 2.05) is 11.8 Å². The number of benzene rings is 2. The van der Waals surface area contributed by atoms with Crippen molar-refractivity contribution in [2.45, 2.75) is 6.92 Å². The summed E-state index contributed by atoms with van der Waals surface area (Å²) < 4.78 is 5.37. The van der Waals surface area contributed by atoms with E-state index >= 15 is 0 Å². The first-order chi connectivity index (χ1) is 15.4. The van der Waals surface area contributed by atoms with Gasteiger partial charge in [0.25, 0.3) is 5.91 Å². The minimum absolute atomic E-state index is 0.0332. The Labute approximate surface area is 192 Å². The van der Waals surface area contributed by atoms with Crippen molar-refractivity contribution >= 4 is 29.4 Å². The van der Waals surface area contributed by atoms with Crippen LogP contribution < -0.4 is 4.74 Å². The fourth-order valence-electron chi connectivity index (χ4n) is 3.17. The monoisotopic (exact) mass is 455 g/mol. The maximum absolute atomic E-state index is 12.7. The van der Waals surface area contributed by atoms with E-state index in [4.69, 9.17) is 16.3 Å². The zero-order chi connectivity index (χ0) is 23.1. The van der Waals surface area contributed by atoms with Gasteiger partial charge in [-0.25, -0.2) is 4.79 Å². The topological polar surface area (TPSA) is 70.2 Å². The third-order valence-corrected chi connectivity index (χ3v) is 5.52. The number of halogens is 1. The van der Waals surface area contributed by atoms with E-state index in [1.54, 1.807) is 66.7 Å². The average molecular weight is 456 g/mol. The largest absolute Gasteiger partial charge is 0.414 e. The highest BCUT2D eigenvalue weighted by Crippen LogP contribution is 2.20. The zero-order valence-corrected chi connectivity index (χ0v) is 18.9. The summed E-state index contributed by atoms with van der Waals surface area (Å²) in [5.74, 6) is -0.0628. The lowest BCUT2D eigenvalue weighted by Crippen LogP contribution is -2.46. The zero-order valence-electron chi connectivity index (χ0n) is 18.2. The van der Waals surface area contributed by atoms with Crippen molar-refractivity contribution in [2.75, 3.05) is 39.8 Å². The lowest BCUT2D eigenvalue weighted by atomic mass is 10.1. The van der Waals surface area contributed by atoms with E-state index in [1.165, 1.54) is 11.0 Å². The second-order valence-electron chi connectivity index (χ2n) is 7.39. The molecular weight excluding hydrogens is 430 g/mol. The van der Waals surface area contributed by atoms with Crippen LogP contribution in [0.5, 0.6) is 5.75 Å². The predicted octanol–water partition coefficient (Wildman–Crippen LogP) is 3.94. The number of nitrogens with zero attached hydrogens (tertiary/aromatic N) is 3. The minimum atomic E-state index is -0.516. The quantitative estimate of drug-likeness (QED) is 0.487. The fourth-order valence-corrected chi connectivity index (χ4v) is 3.30. The van der Waals surface area contributed by atoms with Gasteiger partial charge in [0.05, 0.1) is 5.56 Å². The Balaban J connectivity index is 1.57. The molecule has 7 nitrogen and oxygen atoms in total. The van der Waals surface area contributed by atoms with E-state index in [0.29, 0.717) is 48.9 Å². The number of carbonyl (C=O) groups excluding carboxylic acids is 3. The molecule has 0 radical (unpaired) electrons. The molecule has 2 amide bonds. The molecule has 0 bridgehead atoms. The highest BCUT2D eigenvalue weighted by atomic mass is 35.5. The first-order valence-corrected chi connectivity index (χ1v) is 10.8. The molecule has 0 aromatic heterocycles. The van der Waals surface area contributed by atoms with Gasteiger partial charge >= 0.3 is 6.09 Å². The fraction of sp³-hybridized carbons (Fsp3) is 0.292. The van der Waals surface area contributed by atoms with Crippen molar-refractivity contribution < 1.29 is 19.1 Å². The van der Waals surface area contributed by atoms with Gasteiger partial charge in [0.2, 0.25) is 0 Å². The van der Waals surface area contributed by atoms with Crippen molar-refractivity contribution in [3.05, 3.63) is 77.0 Å². The van der Waals surface area contributed by atoms with E-state index in [0.717, 1.165) is 0 Å². The van der Waals surface area contributed by atoms with Gasteiger partial charge < -0.3 is 19.4 Å². The summed E-state index contributed by atoms with van der Waals surface area (Å²) in [5, 5.41) is 0.592. The Morgan fingerprint density at radius 2 is 1.69 bits per heavy atom. The maximum atomic E-state index is 12.7. The predicted molar refractivity (Wildman–Crippen MR) is 123 cm³/mol. The highest BCUT2D eigenvalue weighted by molar-refractivity contribution is 6.30. The highest BCUT2D eigenvalue weighted by Gasteiger charge is 2.21. The van der Waals surface area contributed by atoms with E-state index < -0.39 is 6.09 Å². The molecule has 1 saturated heterocycles. The van der Waals surface area contributed by atoms with Crippen LogP contribution in [0.3, 0.4) is 0 Å². The van der Waals surface area contributed by atoms with Crippen molar-refractivity contribution in [1.82, 2.24) is 14.7 Å². The molecule has 1 aliphatic rings. The summed E-state index contributed by atoms with van der Waals surface area (Å²) in [6.45, 7) is 4.67. The summed E-state index contributed by atoms with van der Waals surface area (Å²) in [7, 11) is 1.63. The van der Waals surface area contributed by atoms with E-state index in [2.05, 4.69) is 0 Å². The van der Waals surface area contributed by atoms with Crippen LogP contribution in [0, 0.1) is 0 Å². The Morgan fingerprint density at radius 3 is 2.34 bits per heavy atom. The Kier molecular flexibility index (Phi) is 7.89. The molecule has 0 unspecified atom stereocenters. The number of amides is 2. The van der Waals surface area contributed by atoms with Crippen molar-refractivity contribution in [3.63, 3.8) is 0 Å². The van der Waals surface area contributed by atoms with Crippen LogP contribution in [-0.2, 0) is 0 Å². The SMILES string of the molecule is CCN(C)C(=O)Oc1ccccc1C(=O)C=CN1CCN(C(=O)c2ccc(Cl)cc2)CC1. The number of rotatable bonds is 6. The Hall–Kier alpha value is -3.32. The summed E-state index contributed by atoms with van der Waals surface area (Å²) in [6, 6.07) is 13.5. The van der Waals surface area contributed by atoms with Crippen molar-refractivity contribution in [2.24, 2.45) is 0 Å². The number of hydrogen-bond acceptors (Lipinski definition) is 5. The molecule has 0 aliphatic carbocycles. The number of piperazine rings is 1. The lowest BCUT2D eigenvalue weighted by Gasteiger charge is -2.34. The minimum Gasteiger partial charge on any atom is -0.409 e. The molecule has 2 aromatic carbocycles. The molecule has 8 heteroatoms. The van der Waals surface area contributed by atoms with Crippen LogP contribution >= 0.6 is 11.6 Å². The third kappa shape index (κ3) is 5.88. The molecular formula is C24H26ClN3O4. The molecule has 1 heterocycles. The molecule has 2 aromatic rings. The standard InChI is InChI=1S/C24H26ClN3O4/c1-3-26(2)24(31)32-22-7-5-4-6-20(22)21(29)12-13-27-14-16-28(17-15-27)23(30)18-8-10-19(25)11-9-18/h4-13H,3,14-17H2,1-2H3. The van der Waals surface area contributed by atoms with Gasteiger partial charge in [0.15, 0.2) is 5.78 Å². The molecule has 1 aliphatic heterocycles. The smallest absolute Gasteiger partial charge is 0.409 e. The molecule has 32 heavy (non-hydrogen) atoms. The first-order valence-electron chi connectivity index (χ1n) is 10.4. The maximum Gasteiger partial charge on any atom is 0.414 e. The van der Waals surface area contributed by atoms with Crippen LogP contribution in [0.15, 0.2) is 60.8 Å². The van der Waals surface area contributed by atoms with E-state index in [-0.39, 0.29) is 17.4 Å². The second-order valence-corrected chi connectivity index (χ2v) is 7.83. The first kappa shape index (κ1) is 23.3. The van der Waals surface area contributed by atoms with Crippen LogP contribution in [0.25, 0.3) is 0 Å². The van der Waals surface area contributed by atoms with E-state index in [9.17, 15) is 14.4 Å². The lowest BCUT2D eigenvalue weighted by molar-refractivity contribution is 0.0678. The summed E-state index contributed by atoms with van der Waals surface area (Å²) in [4.78, 5) is 42.6. The third-order valence-electron chi connectivity index (χ3n) is 5.27. The number of ketones is 1. The normalized spacial score (nSPS) is 13.8. The Bertz CT molecular complexity index is 999. The summed E-state index contributed by atoms with van der Waals surface area (Å²) >= 11 is 5.89. The van der Waals surface area contributed by atoms with Gasteiger partial charge in [-0.05, 0) is 43.3 Å². The van der Waals surface area contributed by atoms with Crippen molar-refractivity contribution in [1.29, 1.82) is 0 Å². The van der Waals surface area contributed by atoms with Gasteiger partial charge in [0, 0.05) is 62.6 Å². The van der Waals surface area contributed by atoms with Crippen LogP contribution in [0.2, 0.25) is 5.02 Å². The molecule has 168 valence electrons. The number of carbonyl (C=O) groups is 3. The molecule has 0 saturated carbocycles. The number of allylic oxidation sites excluding steroid dienone is 1. The summed E-state index contributed by atoms with van der Waals surface area (Å²) in [6.07, 6.45) is 2.68. The number of para-hydroxylation sites is 1. The molecule has 0 N–H and O–H groups in total. The second kappa shape index (κ2) is 10.8. The van der Waals surface area contributed by atoms with Crippen LogP contribution in [-0.4, -0.2) is 72.3 Å². The van der Waals surface area contributed by atoms with Gasteiger partial charge in [-0.2, -0.15) is 0 Å². The number of ether oxygens (including phenoxy) is 1. The molecule has 3 rings (SSSR count). The molecule has 0 spiro atoms. The van der Waals surface area contributed by atoms with Gasteiger partial charge in [-0.15, -0.1) is 0 Å². The molecule has 1 fully saturated rings. The molecule has 0 atom stereocenters. The van der Waals surface area contributed by atoms with Gasteiger partial charge in [-0.1, -0.05) is 23.7 Å². The average Bonchev–Trinajstić information content (AvgIpc) is 2.82. The van der Waals surface area contributed by atoms with Crippen molar-refractivity contribution in [3.8, 4) is 5.75 Å². The number of hydrogen-bond donors (Lipinski definition) is 0. The van der Waals surface area contributed by atoms with Gasteiger partial charge in [0.1, 0.15) is 5.75 Å².